The molecule has 28 heavy (non-hydrogen) atoms. The van der Waals surface area contributed by atoms with Crippen molar-refractivity contribution in [1.29, 1.82) is 0 Å². The number of nitrogens with zero attached hydrogens (tertiary/aromatic N) is 1. The Hall–Kier alpha value is -1.15. The highest BCUT2D eigenvalue weighted by atomic mass is 35.5. The number of amides is 1. The average Bonchev–Trinajstić information content (AvgIpc) is 2.67. The quantitative estimate of drug-likeness (QED) is 0.661. The molecule has 1 atom stereocenters. The molecule has 1 saturated heterocycles. The van der Waals surface area contributed by atoms with Crippen LogP contribution in [0, 0.1) is 0 Å². The minimum Gasteiger partial charge on any atom is -0.354 e. The lowest BCUT2D eigenvalue weighted by atomic mass is 9.82. The van der Waals surface area contributed by atoms with E-state index in [0.29, 0.717) is 24.5 Å². The molecule has 0 aliphatic carbocycles. The second kappa shape index (κ2) is 10.6. The zero-order chi connectivity index (χ0) is 20.1. The minimum absolute atomic E-state index is 0. The zero-order valence-corrected chi connectivity index (χ0v) is 18.7. The monoisotopic (exact) mass is 431 g/mol. The van der Waals surface area contributed by atoms with Crippen molar-refractivity contribution in [2.24, 2.45) is 5.73 Å². The van der Waals surface area contributed by atoms with E-state index < -0.39 is 10.0 Å². The Morgan fingerprint density at radius 1 is 1.25 bits per heavy atom. The van der Waals surface area contributed by atoms with Crippen molar-refractivity contribution in [3.63, 3.8) is 0 Å². The van der Waals surface area contributed by atoms with Crippen LogP contribution in [0.25, 0.3) is 0 Å². The molecule has 3 N–H and O–H groups in total. The van der Waals surface area contributed by atoms with E-state index in [-0.39, 0.29) is 36.2 Å². The van der Waals surface area contributed by atoms with E-state index in [4.69, 9.17) is 5.73 Å². The molecule has 160 valence electrons. The van der Waals surface area contributed by atoms with Gasteiger partial charge in [-0.1, -0.05) is 39.3 Å². The molecule has 1 unspecified atom stereocenters. The van der Waals surface area contributed by atoms with Gasteiger partial charge in [-0.15, -0.1) is 12.4 Å². The van der Waals surface area contributed by atoms with E-state index in [9.17, 15) is 13.2 Å². The Morgan fingerprint density at radius 2 is 1.89 bits per heavy atom. The van der Waals surface area contributed by atoms with Gasteiger partial charge >= 0.3 is 0 Å². The largest absolute Gasteiger partial charge is 0.354 e. The summed E-state index contributed by atoms with van der Waals surface area (Å²) in [6.45, 7) is 7.55. The summed E-state index contributed by atoms with van der Waals surface area (Å²) in [6, 6.07) is 7.04. The number of nitrogens with two attached hydrogens (primary N) is 1. The van der Waals surface area contributed by atoms with Crippen molar-refractivity contribution >= 4 is 28.3 Å². The van der Waals surface area contributed by atoms with Gasteiger partial charge in [0, 0.05) is 32.1 Å². The van der Waals surface area contributed by atoms with Crippen LogP contribution < -0.4 is 11.1 Å². The fraction of sp³-hybridized carbons (Fsp3) is 0.650. The highest BCUT2D eigenvalue weighted by Gasteiger charge is 2.33. The molecule has 0 radical (unpaired) electrons. The second-order valence-electron chi connectivity index (χ2n) is 7.87. The number of hydrogen-bond donors (Lipinski definition) is 2. The van der Waals surface area contributed by atoms with E-state index in [2.05, 4.69) is 26.1 Å². The summed E-state index contributed by atoms with van der Waals surface area (Å²) in [7, 11) is -3.58. The first kappa shape index (κ1) is 24.9. The van der Waals surface area contributed by atoms with Crippen LogP contribution in [0.3, 0.4) is 0 Å². The van der Waals surface area contributed by atoms with Crippen LogP contribution in [-0.2, 0) is 20.2 Å². The van der Waals surface area contributed by atoms with Gasteiger partial charge in [-0.05, 0) is 42.4 Å². The third-order valence-corrected chi connectivity index (χ3v) is 7.57. The van der Waals surface area contributed by atoms with E-state index in [1.54, 1.807) is 16.4 Å². The summed E-state index contributed by atoms with van der Waals surface area (Å²) in [4.78, 5) is 12.0. The third kappa shape index (κ3) is 5.92. The van der Waals surface area contributed by atoms with Gasteiger partial charge in [-0.2, -0.15) is 4.31 Å². The van der Waals surface area contributed by atoms with Gasteiger partial charge in [0.1, 0.15) is 0 Å². The highest BCUT2D eigenvalue weighted by molar-refractivity contribution is 7.89. The van der Waals surface area contributed by atoms with Gasteiger partial charge in [0.25, 0.3) is 0 Å². The summed E-state index contributed by atoms with van der Waals surface area (Å²) in [5.41, 5.74) is 6.55. The average molecular weight is 432 g/mol. The first-order valence-corrected chi connectivity index (χ1v) is 11.3. The number of sulfonamides is 1. The fourth-order valence-electron chi connectivity index (χ4n) is 3.36. The Balaban J connectivity index is 0.00000392. The maximum Gasteiger partial charge on any atom is 0.243 e. The molecule has 0 saturated carbocycles. The number of carbonyl (C=O) groups is 1. The van der Waals surface area contributed by atoms with Gasteiger partial charge in [-0.3, -0.25) is 4.79 Å². The molecule has 1 aliphatic heterocycles. The van der Waals surface area contributed by atoms with Crippen molar-refractivity contribution in [1.82, 2.24) is 9.62 Å². The molecule has 1 aliphatic rings. The number of halogens is 1. The standard InChI is InChI=1S/C20H33N3O3S.ClH/c1-4-20(2,3)16-8-10-18(11-9-16)27(25,26)23-14-6-5-7-17(23)15-22-19(24)12-13-21;/h8-11,17H,4-7,12-15,21H2,1-3H3,(H,22,24);1H. The van der Waals surface area contributed by atoms with E-state index >= 15 is 0 Å². The molecular weight excluding hydrogens is 398 g/mol. The molecule has 1 aromatic carbocycles. The SMILES string of the molecule is CCC(C)(C)c1ccc(S(=O)(=O)N2CCCCC2CNC(=O)CCN)cc1.Cl. The maximum absolute atomic E-state index is 13.2. The summed E-state index contributed by atoms with van der Waals surface area (Å²) in [5.74, 6) is -0.133. The first-order valence-electron chi connectivity index (χ1n) is 9.81. The Bertz CT molecular complexity index is 736. The van der Waals surface area contributed by atoms with Crippen molar-refractivity contribution < 1.29 is 13.2 Å². The normalized spacial score (nSPS) is 18.4. The second-order valence-corrected chi connectivity index (χ2v) is 9.76. The predicted octanol–water partition coefficient (Wildman–Crippen LogP) is 2.80. The van der Waals surface area contributed by atoms with Crippen molar-refractivity contribution in [3.05, 3.63) is 29.8 Å². The lowest BCUT2D eigenvalue weighted by Crippen LogP contribution is -2.49. The van der Waals surface area contributed by atoms with Crippen molar-refractivity contribution in [2.75, 3.05) is 19.6 Å². The van der Waals surface area contributed by atoms with Gasteiger partial charge < -0.3 is 11.1 Å². The Labute approximate surface area is 175 Å². The Morgan fingerprint density at radius 3 is 2.46 bits per heavy atom. The fourth-order valence-corrected chi connectivity index (χ4v) is 5.06. The maximum atomic E-state index is 13.2. The third-order valence-electron chi connectivity index (χ3n) is 5.61. The van der Waals surface area contributed by atoms with Gasteiger partial charge in [0.05, 0.1) is 4.90 Å². The number of rotatable bonds is 8. The predicted molar refractivity (Wildman–Crippen MR) is 115 cm³/mol. The molecular formula is C20H34ClN3O3S. The van der Waals surface area contributed by atoms with Crippen LogP contribution in [0.15, 0.2) is 29.2 Å². The number of hydrogen-bond acceptors (Lipinski definition) is 4. The molecule has 1 amide bonds. The smallest absolute Gasteiger partial charge is 0.243 e. The number of carbonyl (C=O) groups excluding carboxylic acids is 1. The minimum atomic E-state index is -3.58. The zero-order valence-electron chi connectivity index (χ0n) is 17.1. The van der Waals surface area contributed by atoms with Crippen LogP contribution in [0.2, 0.25) is 0 Å². The van der Waals surface area contributed by atoms with Crippen LogP contribution in [0.1, 0.15) is 58.4 Å². The van der Waals surface area contributed by atoms with Gasteiger partial charge in [0.2, 0.25) is 15.9 Å². The van der Waals surface area contributed by atoms with Crippen LogP contribution in [0.4, 0.5) is 0 Å². The summed E-state index contributed by atoms with van der Waals surface area (Å²) in [5, 5.41) is 2.82. The molecule has 1 fully saturated rings. The van der Waals surface area contributed by atoms with Crippen LogP contribution in [-0.4, -0.2) is 44.3 Å². The van der Waals surface area contributed by atoms with Crippen molar-refractivity contribution in [3.8, 4) is 0 Å². The van der Waals surface area contributed by atoms with Crippen molar-refractivity contribution in [2.45, 2.75) is 69.2 Å². The molecule has 0 aromatic heterocycles. The molecule has 1 heterocycles. The van der Waals surface area contributed by atoms with Gasteiger partial charge in [-0.25, -0.2) is 8.42 Å². The Kier molecular flexibility index (Phi) is 9.40. The molecule has 1 aromatic rings. The molecule has 8 heteroatoms. The summed E-state index contributed by atoms with van der Waals surface area (Å²) < 4.78 is 27.9. The molecule has 0 bridgehead atoms. The number of nitrogens with one attached hydrogen (secondary N) is 1. The summed E-state index contributed by atoms with van der Waals surface area (Å²) >= 11 is 0. The van der Waals surface area contributed by atoms with E-state index in [1.165, 1.54) is 0 Å². The molecule has 2 rings (SSSR count). The van der Waals surface area contributed by atoms with E-state index in [1.807, 2.05) is 12.1 Å². The van der Waals surface area contributed by atoms with Gasteiger partial charge in [0.15, 0.2) is 0 Å². The highest BCUT2D eigenvalue weighted by Crippen LogP contribution is 2.29. The number of piperidine rings is 1. The first-order chi connectivity index (χ1) is 12.7. The number of benzene rings is 1. The molecule has 6 nitrogen and oxygen atoms in total. The summed E-state index contributed by atoms with van der Waals surface area (Å²) in [6.07, 6.45) is 3.80. The topological polar surface area (TPSA) is 92.5 Å². The lowest BCUT2D eigenvalue weighted by Gasteiger charge is -2.35. The van der Waals surface area contributed by atoms with Crippen LogP contribution in [0.5, 0.6) is 0 Å². The lowest BCUT2D eigenvalue weighted by molar-refractivity contribution is -0.121. The van der Waals surface area contributed by atoms with E-state index in [0.717, 1.165) is 31.2 Å². The van der Waals surface area contributed by atoms with Crippen LogP contribution >= 0.6 is 12.4 Å². The molecule has 0 spiro atoms.